The molecular weight excluding hydrogens is 354 g/mol. The summed E-state index contributed by atoms with van der Waals surface area (Å²) in [6.07, 6.45) is 1.71. The summed E-state index contributed by atoms with van der Waals surface area (Å²) in [6.45, 7) is 1.65. The number of aldehydes is 1. The lowest BCUT2D eigenvalue weighted by atomic mass is 10.00. The summed E-state index contributed by atoms with van der Waals surface area (Å²) in [7, 11) is 0. The lowest BCUT2D eigenvalue weighted by molar-refractivity contribution is -0.169. The molecule has 0 aliphatic carbocycles. The van der Waals surface area contributed by atoms with Crippen molar-refractivity contribution in [2.24, 2.45) is 0 Å². The SMILES string of the molecule is O=Cc1cc2c(cc1-c1cc(C(=O)O)c3n1CCC1(C3)OCCO1)OCO2. The highest BCUT2D eigenvalue weighted by Crippen LogP contribution is 2.42. The minimum atomic E-state index is -1.02. The lowest BCUT2D eigenvalue weighted by Crippen LogP contribution is -2.39. The number of hydrogen-bond donors (Lipinski definition) is 1. The summed E-state index contributed by atoms with van der Waals surface area (Å²) in [4.78, 5) is 23.5. The number of carbonyl (C=O) groups excluding carboxylic acids is 1. The molecule has 140 valence electrons. The highest BCUT2D eigenvalue weighted by Gasteiger charge is 2.42. The van der Waals surface area contributed by atoms with Crippen LogP contribution in [0.3, 0.4) is 0 Å². The van der Waals surface area contributed by atoms with Crippen LogP contribution in [0.15, 0.2) is 18.2 Å². The number of benzene rings is 1. The van der Waals surface area contributed by atoms with E-state index >= 15 is 0 Å². The fourth-order valence-electron chi connectivity index (χ4n) is 4.09. The molecule has 1 N–H and O–H groups in total. The lowest BCUT2D eigenvalue weighted by Gasteiger charge is -2.33. The normalized spacial score (nSPS) is 19.3. The molecule has 5 rings (SSSR count). The molecule has 27 heavy (non-hydrogen) atoms. The van der Waals surface area contributed by atoms with E-state index in [0.717, 1.165) is 6.29 Å². The predicted octanol–water partition coefficient (Wildman–Crippen LogP) is 2.08. The van der Waals surface area contributed by atoms with Gasteiger partial charge in [-0.15, -0.1) is 0 Å². The number of fused-ring (bicyclic) bond motifs is 2. The summed E-state index contributed by atoms with van der Waals surface area (Å²) in [6, 6.07) is 4.96. The third-order valence-electron chi connectivity index (χ3n) is 5.35. The van der Waals surface area contributed by atoms with E-state index in [1.54, 1.807) is 18.2 Å². The Hall–Kier alpha value is -2.84. The Kier molecular flexibility index (Phi) is 3.53. The molecule has 1 saturated heterocycles. The van der Waals surface area contributed by atoms with Crippen molar-refractivity contribution in [3.05, 3.63) is 35.0 Å². The van der Waals surface area contributed by atoms with Crippen LogP contribution >= 0.6 is 0 Å². The topological polar surface area (TPSA) is 96.2 Å². The summed E-state index contributed by atoms with van der Waals surface area (Å²) in [5.41, 5.74) is 2.53. The fourth-order valence-corrected chi connectivity index (χ4v) is 4.09. The highest BCUT2D eigenvalue weighted by molar-refractivity contribution is 5.94. The van der Waals surface area contributed by atoms with Gasteiger partial charge in [0.15, 0.2) is 23.6 Å². The molecular formula is C19H17NO7. The standard InChI is InChI=1S/C19H17NO7/c21-9-11-5-16-17(25-10-24-16)7-12(11)14-6-13(18(22)23)15-8-19(1-2-20(14)15)26-3-4-27-19/h5-7,9H,1-4,8,10H2,(H,22,23). The number of rotatable bonds is 3. The zero-order valence-corrected chi connectivity index (χ0v) is 14.4. The summed E-state index contributed by atoms with van der Waals surface area (Å²) in [5.74, 6) is -0.722. The molecule has 4 heterocycles. The monoisotopic (exact) mass is 371 g/mol. The van der Waals surface area contributed by atoms with Crippen molar-refractivity contribution < 1.29 is 33.6 Å². The molecule has 3 aliphatic heterocycles. The number of hydrogen-bond acceptors (Lipinski definition) is 6. The molecule has 8 nitrogen and oxygen atoms in total. The van der Waals surface area contributed by atoms with Crippen LogP contribution in [0.2, 0.25) is 0 Å². The van der Waals surface area contributed by atoms with E-state index in [9.17, 15) is 14.7 Å². The van der Waals surface area contributed by atoms with Gasteiger partial charge in [0.2, 0.25) is 6.79 Å². The molecule has 0 saturated carbocycles. The second-order valence-corrected chi connectivity index (χ2v) is 6.79. The second-order valence-electron chi connectivity index (χ2n) is 6.79. The maximum Gasteiger partial charge on any atom is 0.337 e. The second kappa shape index (κ2) is 5.83. The first kappa shape index (κ1) is 16.3. The maximum absolute atomic E-state index is 11.9. The summed E-state index contributed by atoms with van der Waals surface area (Å²) >= 11 is 0. The van der Waals surface area contributed by atoms with Crippen LogP contribution in [0, 0.1) is 0 Å². The van der Waals surface area contributed by atoms with Gasteiger partial charge in [-0.3, -0.25) is 4.79 Å². The number of carbonyl (C=O) groups is 2. The van der Waals surface area contributed by atoms with Crippen molar-refractivity contribution in [1.82, 2.24) is 4.57 Å². The van der Waals surface area contributed by atoms with Gasteiger partial charge in [-0.05, 0) is 18.2 Å². The van der Waals surface area contributed by atoms with E-state index in [0.29, 0.717) is 66.6 Å². The number of carboxylic acid groups (broad SMARTS) is 1. The minimum Gasteiger partial charge on any atom is -0.478 e. The zero-order valence-electron chi connectivity index (χ0n) is 14.4. The van der Waals surface area contributed by atoms with Crippen molar-refractivity contribution in [2.45, 2.75) is 25.2 Å². The predicted molar refractivity (Wildman–Crippen MR) is 91.3 cm³/mol. The molecule has 0 amide bonds. The smallest absolute Gasteiger partial charge is 0.337 e. The Balaban J connectivity index is 1.67. The van der Waals surface area contributed by atoms with E-state index in [1.807, 2.05) is 4.57 Å². The van der Waals surface area contributed by atoms with Gasteiger partial charge in [-0.1, -0.05) is 0 Å². The molecule has 0 bridgehead atoms. The molecule has 8 heteroatoms. The molecule has 1 aromatic carbocycles. The van der Waals surface area contributed by atoms with Gasteiger partial charge in [0.05, 0.1) is 18.8 Å². The van der Waals surface area contributed by atoms with Gasteiger partial charge in [-0.2, -0.15) is 0 Å². The van der Waals surface area contributed by atoms with Crippen molar-refractivity contribution in [1.29, 1.82) is 0 Å². The maximum atomic E-state index is 11.9. The van der Waals surface area contributed by atoms with Crippen LogP contribution in [-0.4, -0.2) is 47.7 Å². The van der Waals surface area contributed by atoms with Crippen molar-refractivity contribution in [2.75, 3.05) is 20.0 Å². The Morgan fingerprint density at radius 2 is 1.89 bits per heavy atom. The number of aromatic carboxylic acids is 1. The van der Waals surface area contributed by atoms with Gasteiger partial charge < -0.3 is 28.6 Å². The van der Waals surface area contributed by atoms with Crippen molar-refractivity contribution in [3.8, 4) is 22.8 Å². The first-order valence-electron chi connectivity index (χ1n) is 8.73. The summed E-state index contributed by atoms with van der Waals surface area (Å²) < 4.78 is 24.2. The number of carboxylic acids is 1. The van der Waals surface area contributed by atoms with Crippen LogP contribution in [-0.2, 0) is 22.4 Å². The van der Waals surface area contributed by atoms with Crippen LogP contribution in [0.5, 0.6) is 11.5 Å². The van der Waals surface area contributed by atoms with E-state index < -0.39 is 11.8 Å². The first-order valence-corrected chi connectivity index (χ1v) is 8.73. The molecule has 1 spiro atoms. The van der Waals surface area contributed by atoms with Gasteiger partial charge in [-0.25, -0.2) is 4.79 Å². The van der Waals surface area contributed by atoms with Gasteiger partial charge in [0, 0.05) is 41.9 Å². The van der Waals surface area contributed by atoms with Crippen LogP contribution in [0.25, 0.3) is 11.3 Å². The molecule has 1 fully saturated rings. The zero-order chi connectivity index (χ0) is 18.6. The van der Waals surface area contributed by atoms with E-state index in [-0.39, 0.29) is 12.4 Å². The largest absolute Gasteiger partial charge is 0.478 e. The molecule has 2 aromatic rings. The average molecular weight is 371 g/mol. The Morgan fingerprint density at radius 1 is 1.15 bits per heavy atom. The van der Waals surface area contributed by atoms with Crippen molar-refractivity contribution >= 4 is 12.3 Å². The Labute approximate surface area is 154 Å². The Bertz CT molecular complexity index is 955. The number of aromatic nitrogens is 1. The van der Waals surface area contributed by atoms with Crippen molar-refractivity contribution in [3.63, 3.8) is 0 Å². The quantitative estimate of drug-likeness (QED) is 0.825. The molecule has 3 aliphatic rings. The van der Waals surface area contributed by atoms with Crippen LogP contribution < -0.4 is 9.47 Å². The minimum absolute atomic E-state index is 0.0981. The van der Waals surface area contributed by atoms with Gasteiger partial charge in [0.1, 0.15) is 0 Å². The van der Waals surface area contributed by atoms with Gasteiger partial charge >= 0.3 is 5.97 Å². The van der Waals surface area contributed by atoms with E-state index in [1.165, 1.54) is 0 Å². The first-order chi connectivity index (χ1) is 13.1. The van der Waals surface area contributed by atoms with E-state index in [4.69, 9.17) is 18.9 Å². The number of ether oxygens (including phenoxy) is 4. The fraction of sp³-hybridized carbons (Fsp3) is 0.368. The van der Waals surface area contributed by atoms with Gasteiger partial charge in [0.25, 0.3) is 0 Å². The Morgan fingerprint density at radius 3 is 2.59 bits per heavy atom. The highest BCUT2D eigenvalue weighted by atomic mass is 16.7. The third kappa shape index (κ3) is 2.44. The number of nitrogens with zero attached hydrogens (tertiary/aromatic N) is 1. The van der Waals surface area contributed by atoms with E-state index in [2.05, 4.69) is 0 Å². The third-order valence-corrected chi connectivity index (χ3v) is 5.35. The molecule has 0 radical (unpaired) electrons. The van der Waals surface area contributed by atoms with Crippen LogP contribution in [0.4, 0.5) is 0 Å². The molecule has 1 aromatic heterocycles. The van der Waals surface area contributed by atoms with Crippen LogP contribution in [0.1, 0.15) is 32.8 Å². The molecule has 0 atom stereocenters. The average Bonchev–Trinajstić information content (AvgIpc) is 3.38. The summed E-state index contributed by atoms with van der Waals surface area (Å²) in [5, 5.41) is 9.70. The molecule has 0 unspecified atom stereocenters.